The maximum Gasteiger partial charge on any atom is 0.0351 e. The summed E-state index contributed by atoms with van der Waals surface area (Å²) in [5.74, 6) is 0. The Hall–Kier alpha value is -0.790. The van der Waals surface area contributed by atoms with Gasteiger partial charge in [0.1, 0.15) is 0 Å². The molecule has 0 N–H and O–H groups in total. The number of hydrogen-bond donors (Lipinski definition) is 0. The smallest absolute Gasteiger partial charge is 0.0351 e. The summed E-state index contributed by atoms with van der Waals surface area (Å²) >= 11 is 0. The number of rotatable bonds is 3. The van der Waals surface area contributed by atoms with Crippen LogP contribution in [0.5, 0.6) is 0 Å². The lowest BCUT2D eigenvalue weighted by molar-refractivity contribution is 0.448. The Kier molecular flexibility index (Phi) is 3.77. The van der Waals surface area contributed by atoms with Crippen LogP contribution in [0.1, 0.15) is 27.2 Å². The van der Waals surface area contributed by atoms with Gasteiger partial charge in [0.2, 0.25) is 0 Å². The molecule has 0 aromatic rings. The average Bonchev–Trinajstić information content (AvgIpc) is 1.87. The summed E-state index contributed by atoms with van der Waals surface area (Å²) in [5, 5.41) is 6.04. The predicted molar refractivity (Wildman–Crippen MR) is 46.0 cm³/mol. The molecule has 10 heavy (non-hydrogen) atoms. The highest BCUT2D eigenvalue weighted by Crippen LogP contribution is 1.97. The molecule has 2 heteroatoms. The largest absolute Gasteiger partial charge is 0.274 e. The van der Waals surface area contributed by atoms with Crippen molar-refractivity contribution >= 4 is 5.71 Å². The molecule has 0 amide bonds. The maximum absolute atomic E-state index is 4.25. The summed E-state index contributed by atoms with van der Waals surface area (Å²) < 4.78 is 0. The van der Waals surface area contributed by atoms with Crippen LogP contribution in [0, 0.1) is 0 Å². The number of allylic oxidation sites excluding steroid dienone is 1. The van der Waals surface area contributed by atoms with Crippen LogP contribution >= 0.6 is 0 Å². The predicted octanol–water partition coefficient (Wildman–Crippen LogP) is 2.24. The van der Waals surface area contributed by atoms with Gasteiger partial charge in [0.15, 0.2) is 0 Å². The third-order valence-electron chi connectivity index (χ3n) is 1.38. The Labute approximate surface area is 63.2 Å². The van der Waals surface area contributed by atoms with E-state index in [0.29, 0.717) is 0 Å². The number of nitrogens with zero attached hydrogens (tertiary/aromatic N) is 2. The van der Waals surface area contributed by atoms with E-state index < -0.39 is 0 Å². The second-order valence-electron chi connectivity index (χ2n) is 2.45. The van der Waals surface area contributed by atoms with Crippen molar-refractivity contribution in [2.75, 3.05) is 7.05 Å². The SMILES string of the molecule is C=C(C)N(C)/N=C(/C)CC. The van der Waals surface area contributed by atoms with Crippen molar-refractivity contribution in [3.8, 4) is 0 Å². The van der Waals surface area contributed by atoms with Crippen molar-refractivity contribution in [2.45, 2.75) is 27.2 Å². The van der Waals surface area contributed by atoms with Gasteiger partial charge in [0, 0.05) is 18.5 Å². The summed E-state index contributed by atoms with van der Waals surface area (Å²) in [6, 6.07) is 0. The van der Waals surface area contributed by atoms with Gasteiger partial charge in [-0.05, 0) is 20.3 Å². The lowest BCUT2D eigenvalue weighted by atomic mass is 10.3. The fraction of sp³-hybridized carbons (Fsp3) is 0.625. The van der Waals surface area contributed by atoms with Crippen LogP contribution in [0.2, 0.25) is 0 Å². The van der Waals surface area contributed by atoms with Crippen molar-refractivity contribution in [3.63, 3.8) is 0 Å². The lowest BCUT2D eigenvalue weighted by Crippen LogP contribution is -2.09. The van der Waals surface area contributed by atoms with Gasteiger partial charge >= 0.3 is 0 Å². The number of hydrazone groups is 1. The molecule has 0 rings (SSSR count). The molecule has 0 aromatic heterocycles. The summed E-state index contributed by atoms with van der Waals surface area (Å²) in [6.45, 7) is 9.80. The molecule has 0 bridgehead atoms. The molecular formula is C8H16N2. The first-order chi connectivity index (χ1) is 4.57. The molecule has 0 unspecified atom stereocenters. The van der Waals surface area contributed by atoms with Crippen molar-refractivity contribution in [1.82, 2.24) is 5.01 Å². The average molecular weight is 140 g/mol. The van der Waals surface area contributed by atoms with Gasteiger partial charge in [-0.3, -0.25) is 5.01 Å². The van der Waals surface area contributed by atoms with Crippen molar-refractivity contribution in [2.24, 2.45) is 5.10 Å². The second-order valence-corrected chi connectivity index (χ2v) is 2.45. The fourth-order valence-corrected chi connectivity index (χ4v) is 0.412. The highest BCUT2D eigenvalue weighted by molar-refractivity contribution is 5.81. The van der Waals surface area contributed by atoms with Gasteiger partial charge in [-0.15, -0.1) is 0 Å². The van der Waals surface area contributed by atoms with Crippen LogP contribution in [-0.4, -0.2) is 17.8 Å². The highest BCUT2D eigenvalue weighted by Gasteiger charge is 1.92. The second kappa shape index (κ2) is 4.09. The van der Waals surface area contributed by atoms with Gasteiger partial charge in [-0.2, -0.15) is 5.10 Å². The molecule has 0 atom stereocenters. The summed E-state index contributed by atoms with van der Waals surface area (Å²) in [7, 11) is 1.90. The third kappa shape index (κ3) is 3.28. The maximum atomic E-state index is 4.25. The zero-order valence-corrected chi connectivity index (χ0v) is 7.31. The van der Waals surface area contributed by atoms with Gasteiger partial charge in [-0.1, -0.05) is 13.5 Å². The van der Waals surface area contributed by atoms with E-state index in [1.807, 2.05) is 20.9 Å². The van der Waals surface area contributed by atoms with Crippen molar-refractivity contribution in [3.05, 3.63) is 12.3 Å². The molecule has 0 aromatic carbocycles. The standard InChI is InChI=1S/C8H16N2/c1-6-8(4)9-10(5)7(2)3/h2,6H2,1,3-5H3/b9-8-. The molecule has 58 valence electrons. The van der Waals surface area contributed by atoms with Crippen LogP contribution < -0.4 is 0 Å². The highest BCUT2D eigenvalue weighted by atomic mass is 15.4. The molecule has 0 spiro atoms. The molecule has 0 saturated carbocycles. The molecule has 0 saturated heterocycles. The van der Waals surface area contributed by atoms with Crippen molar-refractivity contribution in [1.29, 1.82) is 0 Å². The molecule has 0 radical (unpaired) electrons. The first-order valence-corrected chi connectivity index (χ1v) is 3.51. The summed E-state index contributed by atoms with van der Waals surface area (Å²) in [4.78, 5) is 0. The fourth-order valence-electron chi connectivity index (χ4n) is 0.412. The van der Waals surface area contributed by atoms with Gasteiger partial charge in [0.25, 0.3) is 0 Å². The molecular weight excluding hydrogens is 124 g/mol. The van der Waals surface area contributed by atoms with E-state index in [9.17, 15) is 0 Å². The van der Waals surface area contributed by atoms with Gasteiger partial charge in [0.05, 0.1) is 0 Å². The monoisotopic (exact) mass is 140 g/mol. The zero-order valence-electron chi connectivity index (χ0n) is 7.31. The normalized spacial score (nSPS) is 11.4. The van der Waals surface area contributed by atoms with E-state index in [2.05, 4.69) is 18.6 Å². The van der Waals surface area contributed by atoms with E-state index in [-0.39, 0.29) is 0 Å². The Balaban J connectivity index is 3.99. The van der Waals surface area contributed by atoms with E-state index in [0.717, 1.165) is 17.8 Å². The van der Waals surface area contributed by atoms with E-state index in [1.54, 1.807) is 5.01 Å². The van der Waals surface area contributed by atoms with E-state index in [4.69, 9.17) is 0 Å². The molecule has 2 nitrogen and oxygen atoms in total. The summed E-state index contributed by atoms with van der Waals surface area (Å²) in [5.41, 5.74) is 2.10. The quantitative estimate of drug-likeness (QED) is 0.433. The molecule has 0 fully saturated rings. The lowest BCUT2D eigenvalue weighted by Gasteiger charge is -2.12. The minimum Gasteiger partial charge on any atom is -0.274 e. The van der Waals surface area contributed by atoms with Gasteiger partial charge < -0.3 is 0 Å². The minimum absolute atomic E-state index is 0.966. The van der Waals surface area contributed by atoms with Crippen LogP contribution in [0.25, 0.3) is 0 Å². The Morgan fingerprint density at radius 3 is 2.30 bits per heavy atom. The van der Waals surface area contributed by atoms with Crippen LogP contribution in [0.15, 0.2) is 17.4 Å². The van der Waals surface area contributed by atoms with Gasteiger partial charge in [-0.25, -0.2) is 0 Å². The van der Waals surface area contributed by atoms with Crippen LogP contribution in [0.3, 0.4) is 0 Å². The molecule has 0 heterocycles. The van der Waals surface area contributed by atoms with E-state index in [1.165, 1.54) is 0 Å². The molecule has 0 aliphatic carbocycles. The third-order valence-corrected chi connectivity index (χ3v) is 1.38. The summed E-state index contributed by atoms with van der Waals surface area (Å²) in [6.07, 6.45) is 0.998. The Morgan fingerprint density at radius 2 is 2.00 bits per heavy atom. The molecule has 0 aliphatic rings. The Morgan fingerprint density at radius 1 is 1.50 bits per heavy atom. The van der Waals surface area contributed by atoms with Crippen LogP contribution in [-0.2, 0) is 0 Å². The van der Waals surface area contributed by atoms with Crippen LogP contribution in [0.4, 0.5) is 0 Å². The van der Waals surface area contributed by atoms with Crippen molar-refractivity contribution < 1.29 is 0 Å². The first kappa shape index (κ1) is 9.21. The minimum atomic E-state index is 0.966. The first-order valence-electron chi connectivity index (χ1n) is 3.51. The Bertz CT molecular complexity index is 147. The van der Waals surface area contributed by atoms with E-state index >= 15 is 0 Å². The number of hydrogen-bond acceptors (Lipinski definition) is 2. The topological polar surface area (TPSA) is 15.6 Å². The molecule has 0 aliphatic heterocycles. The zero-order chi connectivity index (χ0) is 8.15.